The van der Waals surface area contributed by atoms with E-state index in [1.54, 1.807) is 0 Å². The number of nitrogens with one attached hydrogen (secondary N) is 1. The van der Waals surface area contributed by atoms with Crippen LogP contribution in [0.3, 0.4) is 0 Å². The smallest absolute Gasteiger partial charge is 0.411 e. The molecule has 1 heterocycles. The van der Waals surface area contributed by atoms with Crippen molar-refractivity contribution in [3.63, 3.8) is 0 Å². The van der Waals surface area contributed by atoms with Crippen LogP contribution < -0.4 is 10.1 Å². The summed E-state index contributed by atoms with van der Waals surface area (Å²) in [5.74, 6) is 0.779. The van der Waals surface area contributed by atoms with Gasteiger partial charge in [0, 0.05) is 24.8 Å². The molecule has 1 amide bonds. The molecule has 1 fully saturated rings. The van der Waals surface area contributed by atoms with Crippen molar-refractivity contribution in [2.75, 3.05) is 51.2 Å². The van der Waals surface area contributed by atoms with Gasteiger partial charge in [0.25, 0.3) is 0 Å². The van der Waals surface area contributed by atoms with Gasteiger partial charge < -0.3 is 14.4 Å². The molecule has 1 unspecified atom stereocenters. The Morgan fingerprint density at radius 1 is 1.09 bits per heavy atom. The van der Waals surface area contributed by atoms with E-state index >= 15 is 0 Å². The van der Waals surface area contributed by atoms with Gasteiger partial charge in [-0.25, -0.2) is 4.79 Å². The number of benzene rings is 1. The minimum absolute atomic E-state index is 0. The largest absolute Gasteiger partial charge is 0.494 e. The number of rotatable bonds is 14. The van der Waals surface area contributed by atoms with E-state index in [0.717, 1.165) is 51.4 Å². The monoisotopic (exact) mass is 491 g/mol. The highest BCUT2D eigenvalue weighted by Crippen LogP contribution is 2.19. The maximum Gasteiger partial charge on any atom is 0.411 e. The number of carbonyl (C=O) groups excluding carboxylic acids is 1. The van der Waals surface area contributed by atoms with Crippen molar-refractivity contribution in [2.45, 2.75) is 65.4 Å². The number of likely N-dealkylation sites (N-methyl/N-ethyl adjacent to an activating group) is 1. The van der Waals surface area contributed by atoms with Gasteiger partial charge >= 0.3 is 6.09 Å². The molecule has 6 nitrogen and oxygen atoms in total. The van der Waals surface area contributed by atoms with Crippen molar-refractivity contribution in [2.24, 2.45) is 0 Å². The van der Waals surface area contributed by atoms with Crippen LogP contribution in [0.4, 0.5) is 10.5 Å². The lowest BCUT2D eigenvalue weighted by Crippen LogP contribution is -2.42. The minimum atomic E-state index is -0.397. The second-order valence-electron chi connectivity index (χ2n) is 8.08. The quantitative estimate of drug-likeness (QED) is 0.331. The second kappa shape index (κ2) is 18.2. The Morgan fingerprint density at radius 2 is 1.81 bits per heavy atom. The van der Waals surface area contributed by atoms with Crippen molar-refractivity contribution in [3.05, 3.63) is 24.3 Å². The first-order valence-electron chi connectivity index (χ1n) is 11.8. The molecule has 0 aliphatic carbocycles. The van der Waals surface area contributed by atoms with Gasteiger partial charge in [-0.05, 0) is 57.6 Å². The Labute approximate surface area is 207 Å². The first kappa shape index (κ1) is 30.8. The van der Waals surface area contributed by atoms with Crippen LogP contribution >= 0.6 is 24.8 Å². The van der Waals surface area contributed by atoms with Crippen molar-refractivity contribution < 1.29 is 14.3 Å². The third-order valence-electron chi connectivity index (χ3n) is 5.64. The second-order valence-corrected chi connectivity index (χ2v) is 8.08. The lowest BCUT2D eigenvalue weighted by atomic mass is 10.2. The molecule has 0 saturated carbocycles. The topological polar surface area (TPSA) is 54.0 Å². The lowest BCUT2D eigenvalue weighted by molar-refractivity contribution is 0.0605. The molecule has 1 N–H and O–H groups in total. The van der Waals surface area contributed by atoms with E-state index in [9.17, 15) is 4.79 Å². The average Bonchev–Trinajstić information content (AvgIpc) is 3.25. The lowest BCUT2D eigenvalue weighted by Gasteiger charge is -2.28. The normalized spacial score (nSPS) is 14.4. The molecule has 8 heteroatoms. The molecule has 0 radical (unpaired) electrons. The molecule has 1 saturated heterocycles. The maximum atomic E-state index is 12.6. The number of ether oxygens (including phenoxy) is 2. The molecule has 1 aromatic carbocycles. The molecule has 0 aromatic heterocycles. The van der Waals surface area contributed by atoms with E-state index in [4.69, 9.17) is 9.47 Å². The molecule has 1 atom stereocenters. The number of anilines is 1. The summed E-state index contributed by atoms with van der Waals surface area (Å²) >= 11 is 0. The summed E-state index contributed by atoms with van der Waals surface area (Å²) in [7, 11) is 0. The van der Waals surface area contributed by atoms with E-state index in [-0.39, 0.29) is 30.9 Å². The molecular formula is C24H43Cl2N3O3. The van der Waals surface area contributed by atoms with Gasteiger partial charge in [-0.2, -0.15) is 0 Å². The van der Waals surface area contributed by atoms with Crippen LogP contribution in [0.5, 0.6) is 5.75 Å². The molecule has 1 aliphatic rings. The van der Waals surface area contributed by atoms with Crippen LogP contribution in [0.2, 0.25) is 0 Å². The number of hydrogen-bond acceptors (Lipinski definition) is 5. The van der Waals surface area contributed by atoms with Gasteiger partial charge in [0.15, 0.2) is 0 Å². The number of carbonyl (C=O) groups is 1. The summed E-state index contributed by atoms with van der Waals surface area (Å²) < 4.78 is 11.7. The van der Waals surface area contributed by atoms with Gasteiger partial charge in [0.1, 0.15) is 11.9 Å². The van der Waals surface area contributed by atoms with Crippen molar-refractivity contribution in [1.82, 2.24) is 9.80 Å². The van der Waals surface area contributed by atoms with Gasteiger partial charge in [-0.3, -0.25) is 10.2 Å². The zero-order valence-corrected chi connectivity index (χ0v) is 21.6. The zero-order chi connectivity index (χ0) is 21.6. The number of nitrogens with zero attached hydrogens (tertiary/aromatic N) is 2. The van der Waals surface area contributed by atoms with Crippen LogP contribution in [-0.4, -0.2) is 67.9 Å². The Bertz CT molecular complexity index is 608. The predicted octanol–water partition coefficient (Wildman–Crippen LogP) is 5.84. The Kier molecular flexibility index (Phi) is 17.6. The number of halogens is 2. The van der Waals surface area contributed by atoms with Gasteiger partial charge in [-0.1, -0.05) is 46.1 Å². The fourth-order valence-electron chi connectivity index (χ4n) is 3.84. The Morgan fingerprint density at radius 3 is 2.47 bits per heavy atom. The maximum absolute atomic E-state index is 12.6. The van der Waals surface area contributed by atoms with Crippen molar-refractivity contribution >= 4 is 36.6 Å². The number of amides is 1. The highest BCUT2D eigenvalue weighted by molar-refractivity contribution is 5.86. The fraction of sp³-hybridized carbons (Fsp3) is 0.708. The molecule has 0 bridgehead atoms. The SMILES string of the molecule is CCCCCCOc1cccc(NC(=O)OC(CN(CC)CC)CN2CCCC2)c1.Cl.Cl. The first-order valence-corrected chi connectivity index (χ1v) is 11.8. The Hall–Kier alpha value is -1.21. The molecule has 32 heavy (non-hydrogen) atoms. The van der Waals surface area contributed by atoms with E-state index in [0.29, 0.717) is 12.3 Å². The molecule has 1 aromatic rings. The standard InChI is InChI=1S/C24H41N3O3.2ClH/c1-4-7-8-11-17-29-22-14-12-13-21(18-22)25-24(28)30-23(19-26(5-2)6-3)20-27-15-9-10-16-27;;/h12-14,18,23H,4-11,15-17,19-20H2,1-3H3,(H,25,28);2*1H. The number of unbranched alkanes of at least 4 members (excludes halogenated alkanes) is 3. The predicted molar refractivity (Wildman–Crippen MR) is 138 cm³/mol. The average molecular weight is 493 g/mol. The summed E-state index contributed by atoms with van der Waals surface area (Å²) in [6.07, 6.45) is 6.62. The summed E-state index contributed by atoms with van der Waals surface area (Å²) in [5.41, 5.74) is 0.703. The van der Waals surface area contributed by atoms with E-state index in [1.807, 2.05) is 24.3 Å². The zero-order valence-electron chi connectivity index (χ0n) is 20.0. The minimum Gasteiger partial charge on any atom is -0.494 e. The molecule has 186 valence electrons. The molecule has 0 spiro atoms. The number of hydrogen-bond donors (Lipinski definition) is 1. The molecule has 1 aliphatic heterocycles. The fourth-order valence-corrected chi connectivity index (χ4v) is 3.84. The van der Waals surface area contributed by atoms with Gasteiger partial charge in [-0.15, -0.1) is 24.8 Å². The van der Waals surface area contributed by atoms with Crippen molar-refractivity contribution in [1.29, 1.82) is 0 Å². The van der Waals surface area contributed by atoms with E-state index < -0.39 is 6.09 Å². The van der Waals surface area contributed by atoms with E-state index in [1.165, 1.54) is 32.1 Å². The molecular weight excluding hydrogens is 449 g/mol. The summed E-state index contributed by atoms with van der Waals surface area (Å²) in [5, 5.41) is 2.88. The van der Waals surface area contributed by atoms with Gasteiger partial charge in [0.2, 0.25) is 0 Å². The van der Waals surface area contributed by atoms with Crippen LogP contribution in [0.1, 0.15) is 59.3 Å². The van der Waals surface area contributed by atoms with Crippen LogP contribution in [0.25, 0.3) is 0 Å². The van der Waals surface area contributed by atoms with Crippen molar-refractivity contribution in [3.8, 4) is 5.75 Å². The third-order valence-corrected chi connectivity index (χ3v) is 5.64. The molecule has 2 rings (SSSR count). The van der Waals surface area contributed by atoms with Crippen LogP contribution in [-0.2, 0) is 4.74 Å². The highest BCUT2D eigenvalue weighted by atomic mass is 35.5. The third kappa shape index (κ3) is 12.1. The summed E-state index contributed by atoms with van der Waals surface area (Å²) in [4.78, 5) is 17.3. The Balaban J connectivity index is 0.00000480. The van der Waals surface area contributed by atoms with E-state index in [2.05, 4.69) is 35.9 Å². The number of likely N-dealkylation sites (tertiary alicyclic amines) is 1. The van der Waals surface area contributed by atoms with Crippen LogP contribution in [0.15, 0.2) is 24.3 Å². The van der Waals surface area contributed by atoms with Gasteiger partial charge in [0.05, 0.1) is 6.61 Å². The summed E-state index contributed by atoms with van der Waals surface area (Å²) in [6, 6.07) is 7.55. The highest BCUT2D eigenvalue weighted by Gasteiger charge is 2.22. The first-order chi connectivity index (χ1) is 14.6. The van der Waals surface area contributed by atoms with Crippen LogP contribution in [0, 0.1) is 0 Å². The summed E-state index contributed by atoms with van der Waals surface area (Å²) in [6.45, 7) is 12.8.